The van der Waals surface area contributed by atoms with Crippen molar-refractivity contribution in [2.24, 2.45) is 5.73 Å². The topological polar surface area (TPSA) is 26.0 Å². The van der Waals surface area contributed by atoms with Crippen LogP contribution in [0.3, 0.4) is 0 Å². The minimum absolute atomic E-state index is 0. The molecule has 0 rings (SSSR count). The van der Waals surface area contributed by atoms with Crippen LogP contribution in [-0.4, -0.2) is 0 Å². The van der Waals surface area contributed by atoms with Crippen molar-refractivity contribution in [1.29, 1.82) is 0 Å². The molecule has 0 atom stereocenters. The van der Waals surface area contributed by atoms with E-state index in [2.05, 4.69) is 0 Å². The molecule has 0 aliphatic heterocycles. The molecule has 2 N–H and O–H groups in total. The van der Waals surface area contributed by atoms with Crippen molar-refractivity contribution in [3.05, 3.63) is 20.9 Å². The Morgan fingerprint density at radius 3 is 1.14 bits per heavy atom. The van der Waals surface area contributed by atoms with Gasteiger partial charge in [0.1, 0.15) is 0 Å². The molecule has 0 radical (unpaired) electrons. The Morgan fingerprint density at radius 2 is 1.14 bits per heavy atom. The van der Waals surface area contributed by atoms with Crippen molar-refractivity contribution < 1.29 is 17.1 Å². The smallest absolute Gasteiger partial charge is 0.481 e. The predicted molar refractivity (Wildman–Crippen MR) is 31.6 cm³/mol. The fraction of sp³-hybridized carbons (Fsp3) is 0.400. The van der Waals surface area contributed by atoms with Gasteiger partial charge in [0.2, 0.25) is 0 Å². The third-order valence-electron chi connectivity index (χ3n) is 0. The maximum absolute atomic E-state index is 5.03. The molecule has 0 saturated heterocycles. The third kappa shape index (κ3) is 566. The molecule has 0 unspecified atom stereocenters. The van der Waals surface area contributed by atoms with E-state index < -0.39 is 0 Å². The molecule has 0 bridgehead atoms. The van der Waals surface area contributed by atoms with Crippen LogP contribution in [0.2, 0.25) is 0 Å². The van der Waals surface area contributed by atoms with Crippen LogP contribution in [0.5, 0.6) is 0 Å². The molecule has 0 aliphatic carbocycles. The predicted octanol–water partition coefficient (Wildman–Crippen LogP) is 1.41. The van der Waals surface area contributed by atoms with Gasteiger partial charge in [-0.15, -0.1) is 0 Å². The summed E-state index contributed by atoms with van der Waals surface area (Å²) in [5, 5.41) is 0. The number of rotatable bonds is 0. The Kier molecular flexibility index (Phi) is 59.5. The molecule has 0 aliphatic rings. The van der Waals surface area contributed by atoms with E-state index in [1.165, 1.54) is 0 Å². The fourth-order valence-corrected chi connectivity index (χ4v) is 0. The largest absolute Gasteiger partial charge is 3.00 e. The number of hydrogen-bond donors (Lipinski definition) is 1. The van der Waals surface area contributed by atoms with Crippen molar-refractivity contribution in [3.63, 3.8) is 0 Å². The van der Waals surface area contributed by atoms with Crippen molar-refractivity contribution in [3.8, 4) is 0 Å². The van der Waals surface area contributed by atoms with E-state index in [9.17, 15) is 0 Å². The maximum atomic E-state index is 5.03. The summed E-state index contributed by atoms with van der Waals surface area (Å²) in [6.07, 6.45) is 0. The van der Waals surface area contributed by atoms with Crippen molar-refractivity contribution in [1.82, 2.24) is 0 Å². The van der Waals surface area contributed by atoms with E-state index in [1.54, 1.807) is 0 Å². The average Bonchev–Trinajstić information content (AvgIpc) is 0.811. The Labute approximate surface area is 58.1 Å². The molecule has 1 nitrogen and oxygen atoms in total. The molecular formula is C5H14MnN. The van der Waals surface area contributed by atoms with Gasteiger partial charge in [-0.3, -0.25) is 6.04 Å². The van der Waals surface area contributed by atoms with Crippen LogP contribution >= 0.6 is 0 Å². The summed E-state index contributed by atoms with van der Waals surface area (Å²) in [7, 11) is 0. The quantitative estimate of drug-likeness (QED) is 0.402. The van der Waals surface area contributed by atoms with Gasteiger partial charge in [0, 0.05) is 0 Å². The van der Waals surface area contributed by atoms with E-state index >= 15 is 0 Å². The summed E-state index contributed by atoms with van der Waals surface area (Å²) >= 11 is 0. The second-order valence-corrected chi connectivity index (χ2v) is 1.08. The summed E-state index contributed by atoms with van der Waals surface area (Å²) < 4.78 is 0. The molecule has 0 heterocycles. The minimum atomic E-state index is 0. The Morgan fingerprint density at radius 1 is 1.14 bits per heavy atom. The molecule has 0 aromatic heterocycles. The SMILES string of the molecule is C[C-](C)N.[CH3-].[CH3-].[Mn+3]. The first kappa shape index (κ1) is 25.9. The average molecular weight is 143 g/mol. The molecule has 0 aromatic carbocycles. The zero-order valence-electron chi connectivity index (χ0n) is 5.46. The molecule has 0 saturated carbocycles. The molecule has 2 heteroatoms. The molecule has 46 valence electrons. The summed E-state index contributed by atoms with van der Waals surface area (Å²) in [5.41, 5.74) is 5.03. The normalized spacial score (nSPS) is 5.14. The second-order valence-electron chi connectivity index (χ2n) is 1.08. The van der Waals surface area contributed by atoms with Crippen LogP contribution in [0, 0.1) is 20.9 Å². The van der Waals surface area contributed by atoms with E-state index in [-0.39, 0.29) is 31.9 Å². The van der Waals surface area contributed by atoms with Gasteiger partial charge in [0.15, 0.2) is 0 Å². The van der Waals surface area contributed by atoms with Gasteiger partial charge in [-0.2, -0.15) is 13.8 Å². The number of nitrogens with two attached hydrogens (primary N) is 1. The third-order valence-corrected chi connectivity index (χ3v) is 0. The first-order valence-electron chi connectivity index (χ1n) is 1.29. The van der Waals surface area contributed by atoms with Gasteiger partial charge in [-0.1, -0.05) is 0 Å². The van der Waals surface area contributed by atoms with E-state index in [4.69, 9.17) is 5.73 Å². The van der Waals surface area contributed by atoms with Crippen LogP contribution in [0.1, 0.15) is 13.8 Å². The molecule has 0 fully saturated rings. The van der Waals surface area contributed by atoms with E-state index in [0.29, 0.717) is 0 Å². The second kappa shape index (κ2) is 16.1. The van der Waals surface area contributed by atoms with Gasteiger partial charge >= 0.3 is 17.1 Å². The maximum Gasteiger partial charge on any atom is 3.00 e. The number of hydrogen-bond acceptors (Lipinski definition) is 1. The zero-order chi connectivity index (χ0) is 3.58. The summed E-state index contributed by atoms with van der Waals surface area (Å²) in [6.45, 7) is 3.72. The minimum Gasteiger partial charge on any atom is -0.481 e. The summed E-state index contributed by atoms with van der Waals surface area (Å²) in [6, 6.07) is 0.917. The van der Waals surface area contributed by atoms with Gasteiger partial charge in [-0.05, 0) is 0 Å². The van der Waals surface area contributed by atoms with Crippen molar-refractivity contribution in [2.45, 2.75) is 13.8 Å². The van der Waals surface area contributed by atoms with Gasteiger partial charge < -0.3 is 20.6 Å². The van der Waals surface area contributed by atoms with Gasteiger partial charge in [0.05, 0.1) is 0 Å². The Bertz CT molecular complexity index is 12.8. The van der Waals surface area contributed by atoms with Crippen LogP contribution in [-0.2, 0) is 17.1 Å². The first-order valence-corrected chi connectivity index (χ1v) is 1.29. The fourth-order valence-electron chi connectivity index (χ4n) is 0. The van der Waals surface area contributed by atoms with E-state index in [1.807, 2.05) is 13.8 Å². The van der Waals surface area contributed by atoms with Crippen LogP contribution in [0.25, 0.3) is 0 Å². The Hall–Kier alpha value is 0.479. The molecular weight excluding hydrogens is 129 g/mol. The summed E-state index contributed by atoms with van der Waals surface area (Å²) in [4.78, 5) is 0. The Balaban J connectivity index is -0.0000000150. The van der Waals surface area contributed by atoms with E-state index in [0.717, 1.165) is 6.04 Å². The molecule has 7 heavy (non-hydrogen) atoms. The molecule has 0 amide bonds. The zero-order valence-corrected chi connectivity index (χ0v) is 6.64. The van der Waals surface area contributed by atoms with Gasteiger partial charge in [0.25, 0.3) is 0 Å². The van der Waals surface area contributed by atoms with Gasteiger partial charge in [-0.25, -0.2) is 0 Å². The molecule has 0 spiro atoms. The molecule has 0 aromatic rings. The standard InChI is InChI=1S/C3H8N.2CH3.Mn/c1-3(2)4;;;/h4H2,1-2H3;2*1H3;/q3*-1;+3. The van der Waals surface area contributed by atoms with Crippen LogP contribution < -0.4 is 5.73 Å². The van der Waals surface area contributed by atoms with Crippen molar-refractivity contribution >= 4 is 0 Å². The van der Waals surface area contributed by atoms with Crippen molar-refractivity contribution in [2.75, 3.05) is 0 Å². The first-order chi connectivity index (χ1) is 1.73. The monoisotopic (exact) mass is 143 g/mol. The summed E-state index contributed by atoms with van der Waals surface area (Å²) in [5.74, 6) is 0. The van der Waals surface area contributed by atoms with Crippen LogP contribution in [0.4, 0.5) is 0 Å². The van der Waals surface area contributed by atoms with Crippen LogP contribution in [0.15, 0.2) is 0 Å².